The van der Waals surface area contributed by atoms with Crippen molar-refractivity contribution in [2.75, 3.05) is 26.8 Å². The van der Waals surface area contributed by atoms with Crippen LogP contribution in [0.2, 0.25) is 5.02 Å². The van der Waals surface area contributed by atoms with Gasteiger partial charge in [-0.05, 0) is 43.7 Å². The fraction of sp³-hybridized carbons (Fsp3) is 0.600. The molecule has 1 aromatic carbocycles. The molecule has 0 saturated carbocycles. The number of halogens is 1. The lowest BCUT2D eigenvalue weighted by atomic mass is 9.95. The number of piperidine rings is 1. The van der Waals surface area contributed by atoms with Crippen LogP contribution >= 0.6 is 11.6 Å². The molecule has 21 heavy (non-hydrogen) atoms. The molecule has 2 rings (SSSR count). The smallest absolute Gasteiger partial charge is 0.244 e. The molecular formula is C15H22ClNO3S. The normalized spacial score (nSPS) is 18.0. The zero-order chi connectivity index (χ0) is 15.5. The maximum atomic E-state index is 12.8. The number of ether oxygens (including phenoxy) is 1. The van der Waals surface area contributed by atoms with Gasteiger partial charge in [-0.2, -0.15) is 4.31 Å². The maximum absolute atomic E-state index is 12.8. The molecule has 6 heteroatoms. The molecule has 0 bridgehead atoms. The van der Waals surface area contributed by atoms with E-state index in [1.165, 1.54) is 0 Å². The van der Waals surface area contributed by atoms with E-state index in [1.54, 1.807) is 36.5 Å². The number of benzene rings is 1. The van der Waals surface area contributed by atoms with E-state index in [0.29, 0.717) is 29.6 Å². The Morgan fingerprint density at radius 1 is 1.33 bits per heavy atom. The van der Waals surface area contributed by atoms with Crippen LogP contribution in [0.3, 0.4) is 0 Å². The topological polar surface area (TPSA) is 46.6 Å². The molecule has 1 aromatic rings. The number of rotatable bonds is 5. The third kappa shape index (κ3) is 3.77. The number of aryl methyl sites for hydroxylation is 1. The van der Waals surface area contributed by atoms with Crippen molar-refractivity contribution in [1.82, 2.24) is 4.31 Å². The second kappa shape index (κ2) is 7.09. The molecule has 0 radical (unpaired) electrons. The monoisotopic (exact) mass is 331 g/mol. The molecule has 0 amide bonds. The molecule has 0 aromatic heterocycles. The number of hydrogen-bond donors (Lipinski definition) is 0. The minimum Gasteiger partial charge on any atom is -0.385 e. The van der Waals surface area contributed by atoms with Gasteiger partial charge in [0.25, 0.3) is 0 Å². The molecule has 0 unspecified atom stereocenters. The molecular weight excluding hydrogens is 310 g/mol. The SMILES string of the molecule is COCCC1CCN(S(=O)(=O)c2c(C)cccc2Cl)CC1. The highest BCUT2D eigenvalue weighted by Gasteiger charge is 2.31. The highest BCUT2D eigenvalue weighted by atomic mass is 35.5. The lowest BCUT2D eigenvalue weighted by molar-refractivity contribution is 0.158. The molecule has 118 valence electrons. The fourth-order valence-corrected chi connectivity index (χ4v) is 5.05. The van der Waals surface area contributed by atoms with Crippen molar-refractivity contribution in [3.8, 4) is 0 Å². The summed E-state index contributed by atoms with van der Waals surface area (Å²) in [6.07, 6.45) is 2.76. The summed E-state index contributed by atoms with van der Waals surface area (Å²) in [6, 6.07) is 5.19. The van der Waals surface area contributed by atoms with Gasteiger partial charge < -0.3 is 4.74 Å². The van der Waals surface area contributed by atoms with Gasteiger partial charge in [-0.25, -0.2) is 8.42 Å². The van der Waals surface area contributed by atoms with Crippen molar-refractivity contribution in [3.63, 3.8) is 0 Å². The zero-order valence-corrected chi connectivity index (χ0v) is 14.1. The second-order valence-corrected chi connectivity index (χ2v) is 7.80. The predicted molar refractivity (Wildman–Crippen MR) is 84.2 cm³/mol. The average Bonchev–Trinajstić information content (AvgIpc) is 2.45. The summed E-state index contributed by atoms with van der Waals surface area (Å²) in [5.41, 5.74) is 0.698. The Hall–Kier alpha value is -0.620. The molecule has 0 atom stereocenters. The molecule has 1 aliphatic rings. The van der Waals surface area contributed by atoms with E-state index in [2.05, 4.69) is 0 Å². The van der Waals surface area contributed by atoms with Crippen LogP contribution in [-0.4, -0.2) is 39.5 Å². The Morgan fingerprint density at radius 2 is 2.00 bits per heavy atom. The van der Waals surface area contributed by atoms with E-state index in [1.807, 2.05) is 0 Å². The molecule has 1 saturated heterocycles. The van der Waals surface area contributed by atoms with Gasteiger partial charge in [-0.3, -0.25) is 0 Å². The standard InChI is InChI=1S/C15H22ClNO3S/c1-12-4-3-5-14(16)15(12)21(18,19)17-9-6-13(7-10-17)8-11-20-2/h3-5,13H,6-11H2,1-2H3. The van der Waals surface area contributed by atoms with E-state index in [-0.39, 0.29) is 4.90 Å². The summed E-state index contributed by atoms with van der Waals surface area (Å²) in [5.74, 6) is 0.545. The van der Waals surface area contributed by atoms with E-state index >= 15 is 0 Å². The third-order valence-corrected chi connectivity index (χ3v) is 6.60. The summed E-state index contributed by atoms with van der Waals surface area (Å²) in [7, 11) is -1.80. The predicted octanol–water partition coefficient (Wildman–Crippen LogP) is 3.09. The van der Waals surface area contributed by atoms with Crippen LogP contribution in [0.5, 0.6) is 0 Å². The van der Waals surface area contributed by atoms with Gasteiger partial charge in [0.05, 0.1) is 5.02 Å². The first-order chi connectivity index (χ1) is 9.96. The largest absolute Gasteiger partial charge is 0.385 e. The van der Waals surface area contributed by atoms with Crippen LogP contribution < -0.4 is 0 Å². The van der Waals surface area contributed by atoms with E-state index in [4.69, 9.17) is 16.3 Å². The summed E-state index contributed by atoms with van der Waals surface area (Å²) < 4.78 is 32.2. The first-order valence-electron chi connectivity index (χ1n) is 7.21. The van der Waals surface area contributed by atoms with E-state index in [0.717, 1.165) is 25.9 Å². The highest BCUT2D eigenvalue weighted by molar-refractivity contribution is 7.89. The van der Waals surface area contributed by atoms with Crippen molar-refractivity contribution in [2.45, 2.75) is 31.1 Å². The first kappa shape index (κ1) is 16.7. The van der Waals surface area contributed by atoms with Crippen molar-refractivity contribution in [3.05, 3.63) is 28.8 Å². The average molecular weight is 332 g/mol. The third-order valence-electron chi connectivity index (χ3n) is 4.07. The Kier molecular flexibility index (Phi) is 5.66. The van der Waals surface area contributed by atoms with Crippen molar-refractivity contribution >= 4 is 21.6 Å². The Labute approximate surface area is 132 Å². The summed E-state index contributed by atoms with van der Waals surface area (Å²) in [5, 5.41) is 0.302. The van der Waals surface area contributed by atoms with Crippen LogP contribution in [0.1, 0.15) is 24.8 Å². The van der Waals surface area contributed by atoms with Gasteiger partial charge in [-0.15, -0.1) is 0 Å². The van der Waals surface area contributed by atoms with Gasteiger partial charge in [0.2, 0.25) is 10.0 Å². The summed E-state index contributed by atoms with van der Waals surface area (Å²) in [4.78, 5) is 0.252. The van der Waals surface area contributed by atoms with Gasteiger partial charge in [0.15, 0.2) is 0 Å². The summed E-state index contributed by atoms with van der Waals surface area (Å²) >= 11 is 6.11. The number of hydrogen-bond acceptors (Lipinski definition) is 3. The van der Waals surface area contributed by atoms with Crippen LogP contribution in [0.15, 0.2) is 23.1 Å². The van der Waals surface area contributed by atoms with Crippen LogP contribution in [-0.2, 0) is 14.8 Å². The first-order valence-corrected chi connectivity index (χ1v) is 9.03. The van der Waals surface area contributed by atoms with Crippen LogP contribution in [0.25, 0.3) is 0 Å². The maximum Gasteiger partial charge on any atom is 0.244 e. The lowest BCUT2D eigenvalue weighted by Gasteiger charge is -2.31. The van der Waals surface area contributed by atoms with Crippen molar-refractivity contribution in [1.29, 1.82) is 0 Å². The van der Waals surface area contributed by atoms with Crippen LogP contribution in [0, 0.1) is 12.8 Å². The quantitative estimate of drug-likeness (QED) is 0.833. The fourth-order valence-electron chi connectivity index (χ4n) is 2.80. The molecule has 0 spiro atoms. The minimum absolute atomic E-state index is 0.252. The van der Waals surface area contributed by atoms with Gasteiger partial charge in [0.1, 0.15) is 4.90 Å². The van der Waals surface area contributed by atoms with Crippen molar-refractivity contribution < 1.29 is 13.2 Å². The van der Waals surface area contributed by atoms with E-state index in [9.17, 15) is 8.42 Å². The number of nitrogens with zero attached hydrogens (tertiary/aromatic N) is 1. The Balaban J connectivity index is 2.12. The zero-order valence-electron chi connectivity index (χ0n) is 12.5. The van der Waals surface area contributed by atoms with E-state index < -0.39 is 10.0 Å². The number of sulfonamides is 1. The van der Waals surface area contributed by atoms with Gasteiger partial charge >= 0.3 is 0 Å². The summed E-state index contributed by atoms with van der Waals surface area (Å²) in [6.45, 7) is 3.63. The molecule has 1 heterocycles. The minimum atomic E-state index is -3.50. The second-order valence-electron chi connectivity index (χ2n) is 5.51. The van der Waals surface area contributed by atoms with Crippen LogP contribution in [0.4, 0.5) is 0 Å². The molecule has 0 N–H and O–H groups in total. The highest BCUT2D eigenvalue weighted by Crippen LogP contribution is 2.31. The lowest BCUT2D eigenvalue weighted by Crippen LogP contribution is -2.39. The molecule has 1 fully saturated rings. The van der Waals surface area contributed by atoms with Crippen molar-refractivity contribution in [2.24, 2.45) is 5.92 Å². The number of methoxy groups -OCH3 is 1. The Bertz CT molecular complexity index is 560. The molecule has 1 aliphatic heterocycles. The molecule has 4 nitrogen and oxygen atoms in total. The van der Waals surface area contributed by atoms with Gasteiger partial charge in [-0.1, -0.05) is 23.7 Å². The Morgan fingerprint density at radius 3 is 2.57 bits per heavy atom. The van der Waals surface area contributed by atoms with Gasteiger partial charge in [0, 0.05) is 26.8 Å². The molecule has 0 aliphatic carbocycles.